The molecule has 0 spiro atoms. The first kappa shape index (κ1) is 13.4. The molecule has 0 saturated heterocycles. The highest BCUT2D eigenvalue weighted by atomic mass is 16.5. The number of carbonyl (C=O) groups excluding carboxylic acids is 1. The van der Waals surface area contributed by atoms with E-state index in [9.17, 15) is 4.79 Å². The van der Waals surface area contributed by atoms with Gasteiger partial charge in [0.15, 0.2) is 0 Å². The van der Waals surface area contributed by atoms with Gasteiger partial charge >= 0.3 is 5.97 Å². The molecule has 4 aliphatic rings. The first-order chi connectivity index (χ1) is 8.88. The Labute approximate surface area is 116 Å². The van der Waals surface area contributed by atoms with Crippen molar-refractivity contribution in [3.63, 3.8) is 0 Å². The van der Waals surface area contributed by atoms with Crippen LogP contribution in [0, 0.1) is 28.6 Å². The molecule has 4 fully saturated rings. The Kier molecular flexibility index (Phi) is 2.97. The number of ether oxygens (including phenoxy) is 1. The van der Waals surface area contributed by atoms with Crippen molar-refractivity contribution in [1.29, 1.82) is 0 Å². The maximum absolute atomic E-state index is 11.9. The van der Waals surface area contributed by atoms with Crippen molar-refractivity contribution < 1.29 is 9.53 Å². The second kappa shape index (κ2) is 4.21. The summed E-state index contributed by atoms with van der Waals surface area (Å²) in [5, 5.41) is 0. The van der Waals surface area contributed by atoms with Crippen LogP contribution in [0.4, 0.5) is 0 Å². The molecule has 3 nitrogen and oxygen atoms in total. The number of nitrogens with two attached hydrogens (primary N) is 1. The molecule has 0 aromatic carbocycles. The lowest BCUT2D eigenvalue weighted by Gasteiger charge is -2.63. The van der Waals surface area contributed by atoms with Crippen LogP contribution in [0.5, 0.6) is 0 Å². The molecule has 0 amide bonds. The highest BCUT2D eigenvalue weighted by molar-refractivity contribution is 5.76. The minimum absolute atomic E-state index is 0.157. The lowest BCUT2D eigenvalue weighted by Crippen LogP contribution is -2.60. The van der Waals surface area contributed by atoms with E-state index in [1.54, 1.807) is 0 Å². The Morgan fingerprint density at radius 1 is 1.16 bits per heavy atom. The van der Waals surface area contributed by atoms with Crippen LogP contribution < -0.4 is 5.73 Å². The normalized spacial score (nSPS) is 42.2. The van der Waals surface area contributed by atoms with Crippen LogP contribution in [-0.4, -0.2) is 19.1 Å². The van der Waals surface area contributed by atoms with Gasteiger partial charge in [0, 0.05) is 0 Å². The third kappa shape index (κ3) is 1.84. The predicted octanol–water partition coefficient (Wildman–Crippen LogP) is 2.73. The molecule has 0 aliphatic heterocycles. The summed E-state index contributed by atoms with van der Waals surface area (Å²) in [5.74, 6) is 2.40. The molecule has 4 aliphatic carbocycles. The Bertz CT molecular complexity index is 353. The number of esters is 1. The van der Waals surface area contributed by atoms with E-state index in [0.29, 0.717) is 0 Å². The Balaban J connectivity index is 1.89. The summed E-state index contributed by atoms with van der Waals surface area (Å²) in [7, 11) is 1.44. The molecule has 4 saturated carbocycles. The van der Waals surface area contributed by atoms with Gasteiger partial charge in [-0.3, -0.25) is 4.79 Å². The summed E-state index contributed by atoms with van der Waals surface area (Å²) >= 11 is 0. The van der Waals surface area contributed by atoms with E-state index in [-0.39, 0.29) is 16.8 Å². The van der Waals surface area contributed by atoms with Gasteiger partial charge in [0.05, 0.1) is 7.11 Å². The van der Waals surface area contributed by atoms with E-state index in [4.69, 9.17) is 10.5 Å². The molecule has 1 atom stereocenters. The monoisotopic (exact) mass is 265 g/mol. The van der Waals surface area contributed by atoms with Crippen molar-refractivity contribution in [3.8, 4) is 0 Å². The molecule has 2 N–H and O–H groups in total. The third-order valence-corrected chi connectivity index (χ3v) is 6.64. The maximum Gasteiger partial charge on any atom is 0.323 e. The lowest BCUT2D eigenvalue weighted by atomic mass is 9.42. The summed E-state index contributed by atoms with van der Waals surface area (Å²) in [6.07, 6.45) is 8.08. The second-order valence-corrected chi connectivity index (χ2v) is 7.92. The third-order valence-electron chi connectivity index (χ3n) is 6.64. The highest BCUT2D eigenvalue weighted by Gasteiger charge is 2.59. The van der Waals surface area contributed by atoms with Crippen molar-refractivity contribution in [2.24, 2.45) is 34.3 Å². The van der Waals surface area contributed by atoms with E-state index in [1.807, 2.05) is 0 Å². The van der Waals surface area contributed by atoms with Crippen LogP contribution in [0.25, 0.3) is 0 Å². The van der Waals surface area contributed by atoms with Gasteiger partial charge in [0.2, 0.25) is 0 Å². The molecule has 0 aromatic rings. The number of rotatable bonds is 3. The van der Waals surface area contributed by atoms with Crippen LogP contribution in [-0.2, 0) is 9.53 Å². The van der Waals surface area contributed by atoms with Crippen LogP contribution in [0.2, 0.25) is 0 Å². The van der Waals surface area contributed by atoms with Crippen LogP contribution in [0.15, 0.2) is 0 Å². The first-order valence-corrected chi connectivity index (χ1v) is 7.71. The number of hydrogen-bond donors (Lipinski definition) is 1. The SMILES string of the molecule is COC(=O)C(N)C(C)(C)C12CC3CC(CC(C3)C1)C2. The molecule has 4 rings (SSSR count). The van der Waals surface area contributed by atoms with Gasteiger partial charge < -0.3 is 10.5 Å². The Morgan fingerprint density at radius 3 is 1.95 bits per heavy atom. The fraction of sp³-hybridized carbons (Fsp3) is 0.938. The summed E-state index contributed by atoms with van der Waals surface area (Å²) in [4.78, 5) is 11.9. The van der Waals surface area contributed by atoms with E-state index in [0.717, 1.165) is 17.8 Å². The zero-order valence-electron chi connectivity index (χ0n) is 12.4. The number of methoxy groups -OCH3 is 1. The molecule has 3 heteroatoms. The lowest BCUT2D eigenvalue weighted by molar-refractivity contribution is -0.160. The summed E-state index contributed by atoms with van der Waals surface area (Å²) in [6, 6.07) is -0.492. The average Bonchev–Trinajstić information content (AvgIpc) is 2.35. The molecule has 0 aromatic heterocycles. The second-order valence-electron chi connectivity index (χ2n) is 7.92. The van der Waals surface area contributed by atoms with Gasteiger partial charge in [-0.05, 0) is 67.1 Å². The van der Waals surface area contributed by atoms with Crippen molar-refractivity contribution in [3.05, 3.63) is 0 Å². The predicted molar refractivity (Wildman–Crippen MR) is 74.4 cm³/mol. The van der Waals surface area contributed by atoms with Crippen LogP contribution in [0.3, 0.4) is 0 Å². The van der Waals surface area contributed by atoms with Gasteiger partial charge in [-0.15, -0.1) is 0 Å². The largest absolute Gasteiger partial charge is 0.468 e. The van der Waals surface area contributed by atoms with E-state index in [2.05, 4.69) is 13.8 Å². The van der Waals surface area contributed by atoms with Crippen molar-refractivity contribution >= 4 is 5.97 Å². The van der Waals surface area contributed by atoms with Gasteiger partial charge in [0.1, 0.15) is 6.04 Å². The van der Waals surface area contributed by atoms with Crippen molar-refractivity contribution in [1.82, 2.24) is 0 Å². The van der Waals surface area contributed by atoms with Crippen LogP contribution >= 0.6 is 0 Å². The Morgan fingerprint density at radius 2 is 1.58 bits per heavy atom. The average molecular weight is 265 g/mol. The molecule has 1 unspecified atom stereocenters. The maximum atomic E-state index is 11.9. The minimum atomic E-state index is -0.492. The van der Waals surface area contributed by atoms with Gasteiger partial charge in [-0.2, -0.15) is 0 Å². The van der Waals surface area contributed by atoms with Crippen molar-refractivity contribution in [2.75, 3.05) is 7.11 Å². The van der Waals surface area contributed by atoms with Gasteiger partial charge in [-0.25, -0.2) is 0 Å². The Hall–Kier alpha value is -0.570. The fourth-order valence-electron chi connectivity index (χ4n) is 5.65. The minimum Gasteiger partial charge on any atom is -0.468 e. The summed E-state index contributed by atoms with van der Waals surface area (Å²) in [5.41, 5.74) is 6.37. The zero-order valence-corrected chi connectivity index (χ0v) is 12.4. The standard InChI is InChI=1S/C16H27NO2/c1-15(2,13(17)14(18)19-3)16-7-10-4-11(8-16)6-12(5-10)9-16/h10-13H,4-9,17H2,1-3H3. The summed E-state index contributed by atoms with van der Waals surface area (Å²) < 4.78 is 4.90. The fourth-order valence-corrected chi connectivity index (χ4v) is 5.65. The molecule has 19 heavy (non-hydrogen) atoms. The van der Waals surface area contributed by atoms with E-state index < -0.39 is 6.04 Å². The van der Waals surface area contributed by atoms with E-state index in [1.165, 1.54) is 45.6 Å². The molecule has 0 heterocycles. The molecule has 108 valence electrons. The molecule has 0 radical (unpaired) electrons. The number of carbonyl (C=O) groups is 1. The molecule has 4 bridgehead atoms. The first-order valence-electron chi connectivity index (χ1n) is 7.71. The highest BCUT2D eigenvalue weighted by Crippen LogP contribution is 2.66. The van der Waals surface area contributed by atoms with Gasteiger partial charge in [0.25, 0.3) is 0 Å². The van der Waals surface area contributed by atoms with Gasteiger partial charge in [-0.1, -0.05) is 13.8 Å². The topological polar surface area (TPSA) is 52.3 Å². The van der Waals surface area contributed by atoms with Crippen LogP contribution in [0.1, 0.15) is 52.4 Å². The summed E-state index contributed by atoms with van der Waals surface area (Å²) in [6.45, 7) is 4.39. The smallest absolute Gasteiger partial charge is 0.323 e. The zero-order chi connectivity index (χ0) is 13.8. The molecular formula is C16H27NO2. The van der Waals surface area contributed by atoms with Crippen molar-refractivity contribution in [2.45, 2.75) is 58.4 Å². The quantitative estimate of drug-likeness (QED) is 0.798. The van der Waals surface area contributed by atoms with E-state index >= 15 is 0 Å². The molecular weight excluding hydrogens is 238 g/mol. The number of hydrogen-bond acceptors (Lipinski definition) is 3.